The largest absolute Gasteiger partial charge is 0.297 e. The van der Waals surface area contributed by atoms with Crippen LogP contribution < -0.4 is 26.0 Å². The number of pyridine rings is 3. The molecule has 0 amide bonds. The summed E-state index contributed by atoms with van der Waals surface area (Å²) in [7, 11) is -2.98. The van der Waals surface area contributed by atoms with Crippen LogP contribution >= 0.6 is 0 Å². The average Bonchev–Trinajstić information content (AvgIpc) is 3.45. The molecule has 2 aliphatic rings. The highest BCUT2D eigenvalue weighted by Gasteiger charge is 2.36. The lowest BCUT2D eigenvalue weighted by atomic mass is 9.92. The molecule has 0 spiro atoms. The molecule has 44 heavy (non-hydrogen) atoms. The fourth-order valence-corrected chi connectivity index (χ4v) is 10.8. The zero-order chi connectivity index (χ0) is 29.3. The Kier molecular flexibility index (Phi) is 6.50. The van der Waals surface area contributed by atoms with E-state index in [2.05, 4.69) is 89.9 Å². The maximum absolute atomic E-state index is 5.17. The number of hydrogen-bond donors (Lipinski definition) is 0. The van der Waals surface area contributed by atoms with Crippen LogP contribution in [0.1, 0.15) is 17.9 Å². The first-order chi connectivity index (χ1) is 21.8. The maximum atomic E-state index is 5.17. The van der Waals surface area contributed by atoms with Crippen molar-refractivity contribution in [2.24, 2.45) is 0 Å². The second kappa shape index (κ2) is 10.9. The fraction of sp³-hybridized carbons (Fsp3) is 0.0541. The van der Waals surface area contributed by atoms with E-state index in [0.29, 0.717) is 11.9 Å². The number of hydrogen-bond acceptors (Lipinski definition) is 6. The van der Waals surface area contributed by atoms with Crippen LogP contribution in [-0.4, -0.2) is 33.0 Å². The van der Waals surface area contributed by atoms with Gasteiger partial charge in [-0.25, -0.2) is 9.97 Å². The first kappa shape index (κ1) is 26.1. The minimum absolute atomic E-state index is 0.313. The summed E-state index contributed by atoms with van der Waals surface area (Å²) in [6.45, 7) is 0. The smallest absolute Gasteiger partial charge is 0.234 e. The van der Waals surface area contributed by atoms with Gasteiger partial charge in [-0.05, 0) is 54.0 Å². The number of nitrogens with zero attached hydrogens (tertiary/aromatic N) is 6. The van der Waals surface area contributed by atoms with Gasteiger partial charge in [-0.3, -0.25) is 19.9 Å². The molecule has 1 aliphatic heterocycles. The van der Waals surface area contributed by atoms with Crippen molar-refractivity contribution < 1.29 is 0 Å². The predicted octanol–water partition coefficient (Wildman–Crippen LogP) is 4.79. The Morgan fingerprint density at radius 2 is 1.32 bits per heavy atom. The summed E-state index contributed by atoms with van der Waals surface area (Å²) in [6, 6.07) is 37.6. The Hall–Kier alpha value is -5.53. The normalized spacial score (nSPS) is 15.4. The Morgan fingerprint density at radius 3 is 2.00 bits per heavy atom. The molecule has 0 saturated heterocycles. The lowest BCUT2D eigenvalue weighted by Crippen LogP contribution is -2.76. The van der Waals surface area contributed by atoms with E-state index in [9.17, 15) is 0 Å². The summed E-state index contributed by atoms with van der Waals surface area (Å²) < 4.78 is 0. The Morgan fingerprint density at radius 1 is 0.636 bits per heavy atom. The first-order valence-corrected chi connectivity index (χ1v) is 16.8. The van der Waals surface area contributed by atoms with Gasteiger partial charge in [0, 0.05) is 44.5 Å². The molecule has 0 fully saturated rings. The molecule has 2 aromatic carbocycles. The molecule has 5 heterocycles. The van der Waals surface area contributed by atoms with E-state index in [1.54, 1.807) is 0 Å². The summed E-state index contributed by atoms with van der Waals surface area (Å²) in [5.41, 5.74) is 5.54. The Labute approximate surface area is 257 Å². The predicted molar refractivity (Wildman–Crippen MR) is 178 cm³/mol. The minimum atomic E-state index is -2.98. The number of para-hydroxylation sites is 1. The van der Waals surface area contributed by atoms with Gasteiger partial charge < -0.3 is 0 Å². The topological polar surface area (TPSA) is 67.7 Å². The van der Waals surface area contributed by atoms with Crippen molar-refractivity contribution in [3.63, 3.8) is 0 Å². The van der Waals surface area contributed by atoms with E-state index >= 15 is 0 Å². The molecule has 1 atom stereocenters. The van der Waals surface area contributed by atoms with Crippen molar-refractivity contribution in [1.82, 2.24) is 24.9 Å². The SMILES string of the molecule is C1=CCC2C(=C1)N(c1nccc(-c3cccc([Si-](c4ccccn4)(c4ccccn4)c4ccccn4)c3)n1)c1ccccc12. The van der Waals surface area contributed by atoms with Crippen LogP contribution in [0.15, 0.2) is 158 Å². The molecule has 8 rings (SSSR count). The molecule has 1 aliphatic carbocycles. The van der Waals surface area contributed by atoms with Gasteiger partial charge in [0.2, 0.25) is 5.95 Å². The van der Waals surface area contributed by atoms with Crippen LogP contribution in [0.4, 0.5) is 11.6 Å². The third-order valence-electron chi connectivity index (χ3n) is 8.52. The van der Waals surface area contributed by atoms with Gasteiger partial charge in [-0.2, -0.15) is 5.19 Å². The Balaban J connectivity index is 1.30. The van der Waals surface area contributed by atoms with Crippen LogP contribution in [-0.2, 0) is 0 Å². The van der Waals surface area contributed by atoms with E-state index in [1.807, 2.05) is 67.3 Å². The number of aromatic nitrogens is 5. The van der Waals surface area contributed by atoms with E-state index in [4.69, 9.17) is 24.9 Å². The molecule has 6 aromatic rings. The van der Waals surface area contributed by atoms with E-state index in [0.717, 1.165) is 44.5 Å². The number of anilines is 2. The second-order valence-corrected chi connectivity index (χ2v) is 14.5. The van der Waals surface area contributed by atoms with Crippen molar-refractivity contribution in [2.75, 3.05) is 4.90 Å². The summed E-state index contributed by atoms with van der Waals surface area (Å²) in [6.07, 6.45) is 15.0. The third kappa shape index (κ3) is 4.20. The number of rotatable bonds is 6. The highest BCUT2D eigenvalue weighted by Crippen LogP contribution is 2.49. The monoisotopic (exact) mass is 584 g/mol. The van der Waals surface area contributed by atoms with Crippen molar-refractivity contribution in [3.05, 3.63) is 163 Å². The lowest BCUT2D eigenvalue weighted by molar-refractivity contribution is 0.813. The summed E-state index contributed by atoms with van der Waals surface area (Å²) in [5, 5.41) is 4.08. The van der Waals surface area contributed by atoms with Gasteiger partial charge in [0.25, 0.3) is 0 Å². The van der Waals surface area contributed by atoms with Crippen molar-refractivity contribution >= 4 is 40.8 Å². The van der Waals surface area contributed by atoms with Crippen LogP contribution in [0, 0.1) is 0 Å². The zero-order valence-electron chi connectivity index (χ0n) is 23.9. The Bertz CT molecular complexity index is 1910. The summed E-state index contributed by atoms with van der Waals surface area (Å²) in [4.78, 5) is 27.0. The summed E-state index contributed by atoms with van der Waals surface area (Å²) in [5.74, 6) is 0.987. The van der Waals surface area contributed by atoms with Gasteiger partial charge in [-0.15, -0.1) is 0 Å². The molecule has 211 valence electrons. The van der Waals surface area contributed by atoms with Gasteiger partial charge >= 0.3 is 0 Å². The molecular formula is C37H28N6Si-. The summed E-state index contributed by atoms with van der Waals surface area (Å²) >= 11 is 0. The van der Waals surface area contributed by atoms with E-state index < -0.39 is 8.07 Å². The van der Waals surface area contributed by atoms with Crippen molar-refractivity contribution in [2.45, 2.75) is 12.3 Å². The van der Waals surface area contributed by atoms with Gasteiger partial charge in [0.15, 0.2) is 0 Å². The fourth-order valence-electron chi connectivity index (χ4n) is 6.60. The van der Waals surface area contributed by atoms with Gasteiger partial charge in [0.1, 0.15) is 0 Å². The molecule has 0 saturated carbocycles. The van der Waals surface area contributed by atoms with Gasteiger partial charge in [-0.1, -0.05) is 107 Å². The molecule has 1 unspecified atom stereocenters. The number of benzene rings is 2. The molecular weight excluding hydrogens is 557 g/mol. The maximum Gasteiger partial charge on any atom is 0.234 e. The van der Waals surface area contributed by atoms with Crippen LogP contribution in [0.3, 0.4) is 0 Å². The second-order valence-electron chi connectivity index (χ2n) is 10.9. The van der Waals surface area contributed by atoms with Crippen molar-refractivity contribution in [1.29, 1.82) is 0 Å². The van der Waals surface area contributed by atoms with Crippen LogP contribution in [0.2, 0.25) is 0 Å². The van der Waals surface area contributed by atoms with Crippen LogP contribution in [0.25, 0.3) is 11.3 Å². The number of allylic oxidation sites excluding steroid dienone is 4. The number of fused-ring (bicyclic) bond motifs is 3. The van der Waals surface area contributed by atoms with Gasteiger partial charge in [0.05, 0.1) is 11.4 Å². The highest BCUT2D eigenvalue weighted by molar-refractivity contribution is 7.18. The first-order valence-electron chi connectivity index (χ1n) is 14.8. The zero-order valence-corrected chi connectivity index (χ0v) is 24.9. The molecule has 0 bridgehead atoms. The molecule has 4 aromatic heterocycles. The highest BCUT2D eigenvalue weighted by atomic mass is 28.3. The third-order valence-corrected chi connectivity index (χ3v) is 12.9. The average molecular weight is 585 g/mol. The minimum Gasteiger partial charge on any atom is -0.297 e. The van der Waals surface area contributed by atoms with E-state index in [-0.39, 0.29) is 0 Å². The van der Waals surface area contributed by atoms with E-state index in [1.165, 1.54) is 11.3 Å². The quantitative estimate of drug-likeness (QED) is 0.263. The molecule has 6 nitrogen and oxygen atoms in total. The standard InChI is InChI=1S/C37H28N6Si/c1-3-16-32-29(14-1)30-15-2-4-17-33(30)43(32)37-41-25-21-31(42-37)27-12-11-13-28(26-27)44(34-18-5-8-22-38-34,35-19-6-9-23-39-35)36-20-7-10-24-40-36/h1-14,16-26,30H,15H2/q-1. The van der Waals surface area contributed by atoms with Crippen molar-refractivity contribution in [3.8, 4) is 11.3 Å². The molecule has 0 N–H and O–H groups in total. The molecule has 7 heteroatoms. The molecule has 0 radical (unpaired) electrons. The lowest BCUT2D eigenvalue weighted by Gasteiger charge is -2.43. The van der Waals surface area contributed by atoms with Crippen LogP contribution in [0.5, 0.6) is 0 Å².